The number of hydrogen-bond acceptors (Lipinski definition) is 2. The van der Waals surface area contributed by atoms with Crippen LogP contribution in [0.15, 0.2) is 255 Å². The van der Waals surface area contributed by atoms with Crippen LogP contribution in [0, 0.1) is 41.5 Å². The van der Waals surface area contributed by atoms with E-state index in [0.29, 0.717) is 0 Å². The van der Waals surface area contributed by atoms with Gasteiger partial charge in [-0.2, -0.15) is 0 Å². The molecule has 0 saturated carbocycles. The molecule has 2 heteroatoms. The molecule has 0 fully saturated rings. The molecule has 12 aromatic rings. The summed E-state index contributed by atoms with van der Waals surface area (Å²) < 4.78 is 0. The second kappa shape index (κ2) is 19.6. The fourth-order valence-corrected chi connectivity index (χ4v) is 13.8. The minimum absolute atomic E-state index is 0.299. The van der Waals surface area contributed by atoms with Gasteiger partial charge < -0.3 is 9.80 Å². The summed E-state index contributed by atoms with van der Waals surface area (Å²) in [4.78, 5) is 4.70. The van der Waals surface area contributed by atoms with E-state index in [4.69, 9.17) is 0 Å². The third-order valence-corrected chi connectivity index (χ3v) is 18.0. The van der Waals surface area contributed by atoms with Crippen molar-refractivity contribution in [1.29, 1.82) is 0 Å². The van der Waals surface area contributed by atoms with Gasteiger partial charge in [0.25, 0.3) is 0 Å². The molecule has 0 amide bonds. The molecule has 0 aromatic heterocycles. The van der Waals surface area contributed by atoms with Crippen LogP contribution in [0.1, 0.15) is 80.6 Å². The molecule has 0 aliphatic heterocycles. The lowest BCUT2D eigenvalue weighted by molar-refractivity contribution is 0.633. The van der Waals surface area contributed by atoms with Crippen molar-refractivity contribution in [2.45, 2.75) is 66.2 Å². The van der Waals surface area contributed by atoms with E-state index < -0.39 is 5.41 Å². The molecule has 14 rings (SSSR count). The van der Waals surface area contributed by atoms with Crippen molar-refractivity contribution in [2.75, 3.05) is 9.80 Å². The van der Waals surface area contributed by atoms with E-state index in [0.717, 1.165) is 34.1 Å². The minimum Gasteiger partial charge on any atom is -0.311 e. The van der Waals surface area contributed by atoms with Gasteiger partial charge in [0.2, 0.25) is 0 Å². The molecule has 0 N–H and O–H groups in total. The average Bonchev–Trinajstić information content (AvgIpc) is 1.97. The Labute approximate surface area is 484 Å². The van der Waals surface area contributed by atoms with E-state index in [1.807, 2.05) is 0 Å². The lowest BCUT2D eigenvalue weighted by Crippen LogP contribution is -2.32. The summed E-state index contributed by atoms with van der Waals surface area (Å²) in [5.41, 5.74) is 31.5. The monoisotopic (exact) mass is 1050 g/mol. The van der Waals surface area contributed by atoms with Crippen LogP contribution in [0.5, 0.6) is 0 Å². The SMILES string of the molecule is Cc1ccc(N(c2ccc(C)cc2)c2ccc(-c3ccc(C4(c5ccc(-c6ccc(N(c7ccc(C)cc7)c7ccc(C)cc7)cc6)cc5)c5cc(C)ccc5-c5ccc6c(c54)C(C)(C)c4cc(C)c5ccccc5c4-6)cc3)cc2)cc1. The van der Waals surface area contributed by atoms with Crippen LogP contribution in [0.3, 0.4) is 0 Å². The number of hydrogen-bond donors (Lipinski definition) is 0. The van der Waals surface area contributed by atoms with Crippen molar-refractivity contribution in [3.63, 3.8) is 0 Å². The summed E-state index contributed by atoms with van der Waals surface area (Å²) in [5.74, 6) is 0. The van der Waals surface area contributed by atoms with Crippen LogP contribution >= 0.6 is 0 Å². The van der Waals surface area contributed by atoms with Crippen molar-refractivity contribution in [1.82, 2.24) is 0 Å². The molecule has 2 aliphatic carbocycles. The summed E-state index contributed by atoms with van der Waals surface area (Å²) >= 11 is 0. The number of aryl methyl sites for hydroxylation is 6. The summed E-state index contributed by atoms with van der Waals surface area (Å²) in [5, 5.41) is 2.65. The zero-order chi connectivity index (χ0) is 56.0. The molecule has 396 valence electrons. The molecular weight excluding hydrogens is 989 g/mol. The molecule has 0 saturated heterocycles. The second-order valence-corrected chi connectivity index (χ2v) is 23.8. The number of anilines is 6. The number of fused-ring (bicyclic) bond motifs is 9. The van der Waals surface area contributed by atoms with Crippen LogP contribution in [0.2, 0.25) is 0 Å². The van der Waals surface area contributed by atoms with Crippen LogP contribution in [0.25, 0.3) is 55.3 Å². The van der Waals surface area contributed by atoms with Gasteiger partial charge in [0.05, 0.1) is 5.41 Å². The van der Waals surface area contributed by atoms with Crippen LogP contribution < -0.4 is 9.80 Å². The molecule has 12 aromatic carbocycles. The summed E-state index contributed by atoms with van der Waals surface area (Å²) in [6, 6.07) is 96.3. The summed E-state index contributed by atoms with van der Waals surface area (Å²) in [6.07, 6.45) is 0. The lowest BCUT2D eigenvalue weighted by Gasteiger charge is -2.38. The van der Waals surface area contributed by atoms with Crippen LogP contribution in [0.4, 0.5) is 34.1 Å². The topological polar surface area (TPSA) is 6.48 Å². The highest BCUT2D eigenvalue weighted by molar-refractivity contribution is 6.06. The Kier molecular flexibility index (Phi) is 12.1. The Morgan fingerprint density at radius 1 is 0.280 bits per heavy atom. The maximum absolute atomic E-state index is 2.49. The normalized spacial score (nSPS) is 13.3. The molecule has 0 radical (unpaired) electrons. The fraction of sp³-hybridized carbons (Fsp3) is 0.125. The molecule has 0 spiro atoms. The van der Waals surface area contributed by atoms with E-state index in [1.165, 1.54) is 122 Å². The van der Waals surface area contributed by atoms with Crippen molar-refractivity contribution < 1.29 is 0 Å². The average molecular weight is 1060 g/mol. The van der Waals surface area contributed by atoms with Gasteiger partial charge in [0.15, 0.2) is 0 Å². The quantitative estimate of drug-likeness (QED) is 0.135. The van der Waals surface area contributed by atoms with Gasteiger partial charge in [0.1, 0.15) is 0 Å². The first-order valence-corrected chi connectivity index (χ1v) is 29.0. The summed E-state index contributed by atoms with van der Waals surface area (Å²) in [6.45, 7) is 18.1. The standard InChI is InChI=1S/C80H66N2/c1-51-13-34-63(35-14-51)81(64-36-15-52(2)16-37-64)67-42-26-59(27-43-67)57-22-30-61(31-23-57)80(62-32-24-58(25-33-62)60-28-44-68(45-29-60)82(65-38-17-53(3)18-39-65)66-40-19-54(4)20-41-66)74-49-55(5)21-46-70(74)72-47-48-73-76-71-12-10-9-11-69(71)56(6)50-75(76)79(7,8)77(73)78(72)80/h9-50H,1-8H3. The predicted octanol–water partition coefficient (Wildman–Crippen LogP) is 21.6. The second-order valence-electron chi connectivity index (χ2n) is 23.8. The van der Waals surface area contributed by atoms with Crippen LogP contribution in [-0.2, 0) is 10.8 Å². The fourth-order valence-electron chi connectivity index (χ4n) is 13.8. The first-order chi connectivity index (χ1) is 39.8. The highest BCUT2D eigenvalue weighted by Crippen LogP contribution is 2.64. The largest absolute Gasteiger partial charge is 0.311 e. The highest BCUT2D eigenvalue weighted by Gasteiger charge is 2.52. The number of benzene rings is 12. The number of nitrogens with zero attached hydrogens (tertiary/aromatic N) is 2. The molecule has 0 bridgehead atoms. The molecule has 2 aliphatic rings. The maximum Gasteiger partial charge on any atom is 0.0716 e. The molecule has 0 heterocycles. The predicted molar refractivity (Wildman–Crippen MR) is 347 cm³/mol. The van der Waals surface area contributed by atoms with Gasteiger partial charge in [-0.15, -0.1) is 0 Å². The van der Waals surface area contributed by atoms with Crippen LogP contribution in [-0.4, -0.2) is 0 Å². The molecular formula is C80H66N2. The Hall–Kier alpha value is -9.50. The molecule has 0 unspecified atom stereocenters. The minimum atomic E-state index is -0.651. The highest BCUT2D eigenvalue weighted by atomic mass is 15.1. The smallest absolute Gasteiger partial charge is 0.0716 e. The third kappa shape index (κ3) is 8.22. The zero-order valence-electron chi connectivity index (χ0n) is 48.1. The van der Waals surface area contributed by atoms with Gasteiger partial charge in [-0.3, -0.25) is 0 Å². The Bertz CT molecular complexity index is 4120. The van der Waals surface area contributed by atoms with E-state index in [2.05, 4.69) is 320 Å². The Morgan fingerprint density at radius 2 is 0.622 bits per heavy atom. The lowest BCUT2D eigenvalue weighted by atomic mass is 9.63. The van der Waals surface area contributed by atoms with E-state index >= 15 is 0 Å². The zero-order valence-corrected chi connectivity index (χ0v) is 48.1. The van der Waals surface area contributed by atoms with Gasteiger partial charge >= 0.3 is 0 Å². The van der Waals surface area contributed by atoms with Crippen molar-refractivity contribution in [3.05, 3.63) is 322 Å². The van der Waals surface area contributed by atoms with Crippen molar-refractivity contribution in [2.24, 2.45) is 0 Å². The van der Waals surface area contributed by atoms with E-state index in [1.54, 1.807) is 0 Å². The maximum atomic E-state index is 2.49. The van der Waals surface area contributed by atoms with Gasteiger partial charge in [-0.05, 0) is 209 Å². The van der Waals surface area contributed by atoms with Crippen molar-refractivity contribution in [3.8, 4) is 44.5 Å². The van der Waals surface area contributed by atoms with Gasteiger partial charge in [-0.25, -0.2) is 0 Å². The first-order valence-electron chi connectivity index (χ1n) is 29.0. The van der Waals surface area contributed by atoms with Gasteiger partial charge in [-0.1, -0.05) is 224 Å². The number of rotatable bonds is 10. The Balaban J connectivity index is 0.919. The van der Waals surface area contributed by atoms with Crippen molar-refractivity contribution >= 4 is 44.9 Å². The Morgan fingerprint density at radius 3 is 1.04 bits per heavy atom. The van der Waals surface area contributed by atoms with E-state index in [-0.39, 0.29) is 5.41 Å². The molecule has 82 heavy (non-hydrogen) atoms. The van der Waals surface area contributed by atoms with E-state index in [9.17, 15) is 0 Å². The third-order valence-electron chi connectivity index (χ3n) is 18.0. The molecule has 2 nitrogen and oxygen atoms in total. The first kappa shape index (κ1) is 50.7. The molecule has 0 atom stereocenters. The summed E-state index contributed by atoms with van der Waals surface area (Å²) in [7, 11) is 0. The van der Waals surface area contributed by atoms with Gasteiger partial charge in [0, 0.05) is 39.5 Å².